The Morgan fingerprint density at radius 3 is 2.60 bits per heavy atom. The van der Waals surface area contributed by atoms with E-state index in [1.165, 1.54) is 12.1 Å². The largest absolute Gasteiger partial charge is 0.379 e. The van der Waals surface area contributed by atoms with Crippen LogP contribution in [0.5, 0.6) is 0 Å². The molecule has 7 heteroatoms. The third-order valence-corrected chi connectivity index (χ3v) is 3.87. The van der Waals surface area contributed by atoms with Crippen molar-refractivity contribution < 1.29 is 9.13 Å². The first-order chi connectivity index (χ1) is 11.7. The quantitative estimate of drug-likeness (QED) is 0.295. The molecule has 1 aromatic rings. The Morgan fingerprint density at radius 2 is 2.00 bits per heavy atom. The second-order valence-electron chi connectivity index (χ2n) is 5.49. The SMILES string of the molecule is C#CCNC(=NCC(c1ccc(F)cc1)N1CCOCC1)NCC.I. The van der Waals surface area contributed by atoms with Crippen LogP contribution in [-0.4, -0.2) is 56.8 Å². The summed E-state index contributed by atoms with van der Waals surface area (Å²) in [6, 6.07) is 6.72. The zero-order valence-electron chi connectivity index (χ0n) is 14.5. The zero-order valence-corrected chi connectivity index (χ0v) is 16.8. The first-order valence-corrected chi connectivity index (χ1v) is 8.27. The lowest BCUT2D eigenvalue weighted by Crippen LogP contribution is -2.41. The molecule has 0 spiro atoms. The first kappa shape index (κ1) is 21.7. The number of benzene rings is 1. The number of terminal acetylenes is 1. The highest BCUT2D eigenvalue weighted by Crippen LogP contribution is 2.22. The highest BCUT2D eigenvalue weighted by atomic mass is 127. The predicted molar refractivity (Wildman–Crippen MR) is 110 cm³/mol. The van der Waals surface area contributed by atoms with E-state index in [4.69, 9.17) is 11.2 Å². The van der Waals surface area contributed by atoms with E-state index >= 15 is 0 Å². The Balaban J connectivity index is 0.00000312. The standard InChI is InChI=1S/C18H25FN4O.HI/c1-3-9-21-18(20-4-2)22-14-17(23-10-12-24-13-11-23)15-5-7-16(19)8-6-15;/h1,5-8,17H,4,9-14H2,2H3,(H2,20,21,22);1H. The minimum atomic E-state index is -0.230. The molecule has 1 unspecified atom stereocenters. The average Bonchev–Trinajstić information content (AvgIpc) is 2.62. The number of hydrogen-bond acceptors (Lipinski definition) is 3. The highest BCUT2D eigenvalue weighted by Gasteiger charge is 2.22. The summed E-state index contributed by atoms with van der Waals surface area (Å²) < 4.78 is 18.7. The highest BCUT2D eigenvalue weighted by molar-refractivity contribution is 14.0. The van der Waals surface area contributed by atoms with Crippen molar-refractivity contribution in [3.8, 4) is 12.3 Å². The smallest absolute Gasteiger partial charge is 0.192 e. The molecule has 5 nitrogen and oxygen atoms in total. The summed E-state index contributed by atoms with van der Waals surface area (Å²) in [5, 5.41) is 6.27. The number of nitrogens with zero attached hydrogens (tertiary/aromatic N) is 2. The van der Waals surface area contributed by atoms with Gasteiger partial charge in [0.25, 0.3) is 0 Å². The van der Waals surface area contributed by atoms with Crippen molar-refractivity contribution in [2.75, 3.05) is 45.9 Å². The third kappa shape index (κ3) is 7.18. The van der Waals surface area contributed by atoms with E-state index in [1.54, 1.807) is 0 Å². The molecule has 0 aliphatic carbocycles. The van der Waals surface area contributed by atoms with Gasteiger partial charge < -0.3 is 15.4 Å². The van der Waals surface area contributed by atoms with Gasteiger partial charge in [0.1, 0.15) is 5.82 Å². The van der Waals surface area contributed by atoms with Gasteiger partial charge in [-0.1, -0.05) is 18.1 Å². The summed E-state index contributed by atoms with van der Waals surface area (Å²) in [7, 11) is 0. The minimum absolute atomic E-state index is 0. The van der Waals surface area contributed by atoms with Gasteiger partial charge in [-0.3, -0.25) is 9.89 Å². The van der Waals surface area contributed by atoms with Crippen LogP contribution in [0.15, 0.2) is 29.3 Å². The van der Waals surface area contributed by atoms with Crippen LogP contribution in [-0.2, 0) is 4.74 Å². The van der Waals surface area contributed by atoms with E-state index in [9.17, 15) is 4.39 Å². The molecule has 0 bridgehead atoms. The molecule has 0 saturated carbocycles. The molecule has 1 fully saturated rings. The molecule has 1 aromatic carbocycles. The lowest BCUT2D eigenvalue weighted by atomic mass is 10.0. The van der Waals surface area contributed by atoms with Gasteiger partial charge >= 0.3 is 0 Å². The fraction of sp³-hybridized carbons (Fsp3) is 0.500. The number of morpholine rings is 1. The molecule has 0 aromatic heterocycles. The fourth-order valence-corrected chi connectivity index (χ4v) is 2.66. The molecule has 1 atom stereocenters. The summed E-state index contributed by atoms with van der Waals surface area (Å²) >= 11 is 0. The molecule has 1 heterocycles. The van der Waals surface area contributed by atoms with Gasteiger partial charge in [0.15, 0.2) is 5.96 Å². The minimum Gasteiger partial charge on any atom is -0.379 e. The Bertz CT molecular complexity index is 567. The van der Waals surface area contributed by atoms with Crippen LogP contribution in [0.3, 0.4) is 0 Å². The van der Waals surface area contributed by atoms with Crippen molar-refractivity contribution in [1.29, 1.82) is 0 Å². The fourth-order valence-electron chi connectivity index (χ4n) is 2.66. The molecular weight excluding hydrogens is 434 g/mol. The number of nitrogens with one attached hydrogen (secondary N) is 2. The van der Waals surface area contributed by atoms with Gasteiger partial charge in [0.2, 0.25) is 0 Å². The molecular formula is C18H26FIN4O. The number of halogens is 2. The summed E-state index contributed by atoms with van der Waals surface area (Å²) in [5.41, 5.74) is 1.05. The molecule has 1 saturated heterocycles. The van der Waals surface area contributed by atoms with E-state index < -0.39 is 0 Å². The maximum absolute atomic E-state index is 13.2. The van der Waals surface area contributed by atoms with Gasteiger partial charge in [-0.2, -0.15) is 0 Å². The van der Waals surface area contributed by atoms with Gasteiger partial charge in [-0.25, -0.2) is 4.39 Å². The van der Waals surface area contributed by atoms with Crippen molar-refractivity contribution in [2.45, 2.75) is 13.0 Å². The van der Waals surface area contributed by atoms with Crippen LogP contribution in [0.25, 0.3) is 0 Å². The normalized spacial score (nSPS) is 16.4. The summed E-state index contributed by atoms with van der Waals surface area (Å²) in [6.45, 7) is 6.84. The van der Waals surface area contributed by atoms with Crippen molar-refractivity contribution in [3.63, 3.8) is 0 Å². The van der Waals surface area contributed by atoms with E-state index in [0.29, 0.717) is 32.3 Å². The number of rotatable bonds is 6. The average molecular weight is 460 g/mol. The third-order valence-electron chi connectivity index (χ3n) is 3.87. The molecule has 2 rings (SSSR count). The Kier molecular flexibility index (Phi) is 10.5. The van der Waals surface area contributed by atoms with Crippen LogP contribution in [0, 0.1) is 18.2 Å². The monoisotopic (exact) mass is 460 g/mol. The molecule has 0 radical (unpaired) electrons. The lowest BCUT2D eigenvalue weighted by Gasteiger charge is -2.34. The summed E-state index contributed by atoms with van der Waals surface area (Å²) in [5.74, 6) is 3.01. The maximum atomic E-state index is 13.2. The number of hydrogen-bond donors (Lipinski definition) is 2. The van der Waals surface area contributed by atoms with Crippen LogP contribution < -0.4 is 10.6 Å². The van der Waals surface area contributed by atoms with Crippen molar-refractivity contribution in [1.82, 2.24) is 15.5 Å². The van der Waals surface area contributed by atoms with Gasteiger partial charge in [-0.05, 0) is 24.6 Å². The molecule has 1 aliphatic heterocycles. The molecule has 2 N–H and O–H groups in total. The first-order valence-electron chi connectivity index (χ1n) is 8.27. The van der Waals surface area contributed by atoms with Crippen LogP contribution >= 0.6 is 24.0 Å². The van der Waals surface area contributed by atoms with Gasteiger partial charge in [-0.15, -0.1) is 30.4 Å². The maximum Gasteiger partial charge on any atom is 0.192 e. The van der Waals surface area contributed by atoms with E-state index in [1.807, 2.05) is 19.1 Å². The number of guanidine groups is 1. The topological polar surface area (TPSA) is 48.9 Å². The van der Waals surface area contributed by atoms with Crippen LogP contribution in [0.4, 0.5) is 4.39 Å². The van der Waals surface area contributed by atoms with Crippen LogP contribution in [0.1, 0.15) is 18.5 Å². The molecule has 0 amide bonds. The summed E-state index contributed by atoms with van der Waals surface area (Å²) in [6.07, 6.45) is 5.30. The van der Waals surface area contributed by atoms with E-state index in [0.717, 1.165) is 25.2 Å². The molecule has 138 valence electrons. The predicted octanol–water partition coefficient (Wildman–Crippen LogP) is 2.01. The van der Waals surface area contributed by atoms with Crippen LogP contribution in [0.2, 0.25) is 0 Å². The van der Waals surface area contributed by atoms with Crippen molar-refractivity contribution in [2.24, 2.45) is 4.99 Å². The second-order valence-corrected chi connectivity index (χ2v) is 5.49. The second kappa shape index (κ2) is 12.1. The summed E-state index contributed by atoms with van der Waals surface area (Å²) in [4.78, 5) is 6.97. The van der Waals surface area contributed by atoms with Crippen molar-refractivity contribution in [3.05, 3.63) is 35.6 Å². The van der Waals surface area contributed by atoms with E-state index in [-0.39, 0.29) is 35.8 Å². The Morgan fingerprint density at radius 1 is 1.32 bits per heavy atom. The van der Waals surface area contributed by atoms with Gasteiger partial charge in [0.05, 0.1) is 32.3 Å². The Hall–Kier alpha value is -1.37. The lowest BCUT2D eigenvalue weighted by molar-refractivity contribution is 0.0179. The molecule has 25 heavy (non-hydrogen) atoms. The van der Waals surface area contributed by atoms with Gasteiger partial charge in [0, 0.05) is 19.6 Å². The van der Waals surface area contributed by atoms with Crippen molar-refractivity contribution >= 4 is 29.9 Å². The molecule has 1 aliphatic rings. The number of aliphatic imine (C=N–C) groups is 1. The van der Waals surface area contributed by atoms with E-state index in [2.05, 4.69) is 26.4 Å². The Labute approximate surface area is 166 Å². The zero-order chi connectivity index (χ0) is 17.2. The number of ether oxygens (including phenoxy) is 1.